The Hall–Kier alpha value is -1.81. The minimum Gasteiger partial charge on any atom is -0.493 e. The molecule has 0 aliphatic rings. The molecule has 3 nitrogen and oxygen atoms in total. The Morgan fingerprint density at radius 2 is 1.68 bits per heavy atom. The lowest BCUT2D eigenvalue weighted by Crippen LogP contribution is -1.91. The van der Waals surface area contributed by atoms with Gasteiger partial charge in [-0.1, -0.05) is 17.8 Å². The van der Waals surface area contributed by atoms with Gasteiger partial charge in [0.25, 0.3) is 0 Å². The van der Waals surface area contributed by atoms with Crippen LogP contribution < -0.4 is 15.2 Å². The summed E-state index contributed by atoms with van der Waals surface area (Å²) in [6.07, 6.45) is 0. The number of anilines is 1. The average Bonchev–Trinajstić information content (AvgIpc) is 2.41. The zero-order chi connectivity index (χ0) is 13.8. The van der Waals surface area contributed by atoms with Crippen LogP contribution in [-0.2, 0) is 0 Å². The summed E-state index contributed by atoms with van der Waals surface area (Å²) in [5, 5.41) is 0. The Kier molecular flexibility index (Phi) is 4.22. The summed E-state index contributed by atoms with van der Waals surface area (Å²) in [6.45, 7) is 2.03. The molecule has 0 heterocycles. The van der Waals surface area contributed by atoms with Crippen LogP contribution in [0.3, 0.4) is 0 Å². The van der Waals surface area contributed by atoms with E-state index < -0.39 is 0 Å². The van der Waals surface area contributed by atoms with Crippen LogP contribution in [0, 0.1) is 6.92 Å². The molecule has 2 N–H and O–H groups in total. The predicted octanol–water partition coefficient (Wildman–Crippen LogP) is 3.75. The molecule has 0 radical (unpaired) electrons. The van der Waals surface area contributed by atoms with Crippen LogP contribution in [0.25, 0.3) is 0 Å². The van der Waals surface area contributed by atoms with E-state index in [4.69, 9.17) is 15.2 Å². The van der Waals surface area contributed by atoms with Gasteiger partial charge in [0.15, 0.2) is 11.5 Å². The molecule has 100 valence electrons. The smallest absolute Gasteiger partial charge is 0.161 e. The molecule has 0 aromatic heterocycles. The second-order valence-electron chi connectivity index (χ2n) is 4.16. The molecular weight excluding hydrogens is 258 g/mol. The molecule has 2 aromatic rings. The van der Waals surface area contributed by atoms with Gasteiger partial charge in [0, 0.05) is 15.5 Å². The van der Waals surface area contributed by atoms with Crippen molar-refractivity contribution in [2.45, 2.75) is 16.7 Å². The number of hydrogen-bond donors (Lipinski definition) is 1. The van der Waals surface area contributed by atoms with Crippen LogP contribution in [0.2, 0.25) is 0 Å². The minimum atomic E-state index is 0.721. The van der Waals surface area contributed by atoms with Gasteiger partial charge in [0.05, 0.1) is 14.2 Å². The topological polar surface area (TPSA) is 44.5 Å². The third kappa shape index (κ3) is 3.15. The zero-order valence-corrected chi connectivity index (χ0v) is 12.1. The van der Waals surface area contributed by atoms with Crippen LogP contribution >= 0.6 is 11.8 Å². The van der Waals surface area contributed by atoms with E-state index in [0.29, 0.717) is 0 Å². The lowest BCUT2D eigenvalue weighted by molar-refractivity contribution is 0.354. The fourth-order valence-electron chi connectivity index (χ4n) is 1.77. The third-order valence-electron chi connectivity index (χ3n) is 2.75. The van der Waals surface area contributed by atoms with Gasteiger partial charge in [-0.25, -0.2) is 0 Å². The molecule has 0 bridgehead atoms. The average molecular weight is 275 g/mol. The first-order chi connectivity index (χ1) is 9.13. The molecule has 2 aromatic carbocycles. The summed E-state index contributed by atoms with van der Waals surface area (Å²) in [5.74, 6) is 1.45. The standard InChI is InChI=1S/C15H17NO2S/c1-10-4-7-15(12(16)8-10)19-11-5-6-13(17-2)14(9-11)18-3/h4-9H,16H2,1-3H3. The first kappa shape index (κ1) is 13.6. The van der Waals surface area contributed by atoms with E-state index in [1.807, 2.05) is 37.3 Å². The Morgan fingerprint density at radius 3 is 2.32 bits per heavy atom. The van der Waals surface area contributed by atoms with Crippen molar-refractivity contribution in [2.75, 3.05) is 20.0 Å². The van der Waals surface area contributed by atoms with E-state index in [9.17, 15) is 0 Å². The monoisotopic (exact) mass is 275 g/mol. The van der Waals surface area contributed by atoms with Crippen molar-refractivity contribution in [3.8, 4) is 11.5 Å². The molecule has 0 saturated heterocycles. The van der Waals surface area contributed by atoms with Gasteiger partial charge < -0.3 is 15.2 Å². The lowest BCUT2D eigenvalue weighted by atomic mass is 10.2. The van der Waals surface area contributed by atoms with Crippen LogP contribution in [-0.4, -0.2) is 14.2 Å². The number of hydrogen-bond acceptors (Lipinski definition) is 4. The number of benzene rings is 2. The highest BCUT2D eigenvalue weighted by Gasteiger charge is 2.07. The summed E-state index contributed by atoms with van der Waals surface area (Å²) in [4.78, 5) is 2.10. The fraction of sp³-hybridized carbons (Fsp3) is 0.200. The lowest BCUT2D eigenvalue weighted by Gasteiger charge is -2.10. The fourth-order valence-corrected chi connectivity index (χ4v) is 2.64. The predicted molar refractivity (Wildman–Crippen MR) is 79.3 cm³/mol. The maximum atomic E-state index is 6.02. The maximum Gasteiger partial charge on any atom is 0.161 e. The highest BCUT2D eigenvalue weighted by Crippen LogP contribution is 2.37. The van der Waals surface area contributed by atoms with Crippen molar-refractivity contribution < 1.29 is 9.47 Å². The molecule has 0 saturated carbocycles. The van der Waals surface area contributed by atoms with Gasteiger partial charge in [0.2, 0.25) is 0 Å². The van der Waals surface area contributed by atoms with Gasteiger partial charge in [-0.2, -0.15) is 0 Å². The molecule has 0 amide bonds. The van der Waals surface area contributed by atoms with Gasteiger partial charge in [-0.3, -0.25) is 0 Å². The van der Waals surface area contributed by atoms with E-state index in [1.54, 1.807) is 26.0 Å². The van der Waals surface area contributed by atoms with Crippen molar-refractivity contribution in [1.29, 1.82) is 0 Å². The van der Waals surface area contributed by atoms with Crippen LogP contribution in [0.4, 0.5) is 5.69 Å². The van der Waals surface area contributed by atoms with Gasteiger partial charge in [0.1, 0.15) is 0 Å². The summed E-state index contributed by atoms with van der Waals surface area (Å²) < 4.78 is 10.5. The van der Waals surface area contributed by atoms with E-state index in [1.165, 1.54) is 0 Å². The number of aryl methyl sites for hydroxylation is 1. The van der Waals surface area contributed by atoms with Crippen LogP contribution in [0.5, 0.6) is 11.5 Å². The number of methoxy groups -OCH3 is 2. The zero-order valence-electron chi connectivity index (χ0n) is 11.3. The molecule has 0 unspecified atom stereocenters. The quantitative estimate of drug-likeness (QED) is 0.863. The van der Waals surface area contributed by atoms with Crippen molar-refractivity contribution >= 4 is 17.4 Å². The van der Waals surface area contributed by atoms with Gasteiger partial charge >= 0.3 is 0 Å². The molecule has 4 heteroatoms. The van der Waals surface area contributed by atoms with Gasteiger partial charge in [-0.15, -0.1) is 0 Å². The third-order valence-corrected chi connectivity index (χ3v) is 3.83. The number of rotatable bonds is 4. The second-order valence-corrected chi connectivity index (χ2v) is 5.28. The molecule has 0 aliphatic heterocycles. The Bertz CT molecular complexity index is 584. The first-order valence-electron chi connectivity index (χ1n) is 5.90. The van der Waals surface area contributed by atoms with Crippen molar-refractivity contribution in [3.63, 3.8) is 0 Å². The molecule has 0 fully saturated rings. The van der Waals surface area contributed by atoms with E-state index >= 15 is 0 Å². The molecule has 0 spiro atoms. The number of nitrogens with two attached hydrogens (primary N) is 1. The minimum absolute atomic E-state index is 0.721. The number of nitrogen functional groups attached to an aromatic ring is 1. The molecule has 0 atom stereocenters. The number of ether oxygens (including phenoxy) is 2. The van der Waals surface area contributed by atoms with Crippen molar-refractivity contribution in [1.82, 2.24) is 0 Å². The molecule has 0 aliphatic carbocycles. The van der Waals surface area contributed by atoms with E-state index in [2.05, 4.69) is 6.07 Å². The van der Waals surface area contributed by atoms with Crippen LogP contribution in [0.1, 0.15) is 5.56 Å². The molecule has 19 heavy (non-hydrogen) atoms. The van der Waals surface area contributed by atoms with Gasteiger partial charge in [-0.05, 0) is 42.8 Å². The summed E-state index contributed by atoms with van der Waals surface area (Å²) >= 11 is 1.61. The summed E-state index contributed by atoms with van der Waals surface area (Å²) in [7, 11) is 3.26. The summed E-state index contributed by atoms with van der Waals surface area (Å²) in [5.41, 5.74) is 7.97. The van der Waals surface area contributed by atoms with Crippen LogP contribution in [0.15, 0.2) is 46.2 Å². The Balaban J connectivity index is 2.28. The first-order valence-corrected chi connectivity index (χ1v) is 6.71. The van der Waals surface area contributed by atoms with Crippen molar-refractivity contribution in [3.05, 3.63) is 42.0 Å². The highest BCUT2D eigenvalue weighted by molar-refractivity contribution is 7.99. The normalized spacial score (nSPS) is 10.3. The largest absolute Gasteiger partial charge is 0.493 e. The SMILES string of the molecule is COc1ccc(Sc2ccc(C)cc2N)cc1OC. The highest BCUT2D eigenvalue weighted by atomic mass is 32.2. The Labute approximate surface area is 117 Å². The molecular formula is C15H17NO2S. The second kappa shape index (κ2) is 5.89. The van der Waals surface area contributed by atoms with E-state index in [-0.39, 0.29) is 0 Å². The van der Waals surface area contributed by atoms with Crippen molar-refractivity contribution in [2.24, 2.45) is 0 Å². The Morgan fingerprint density at radius 1 is 0.947 bits per heavy atom. The maximum absolute atomic E-state index is 6.02. The van der Waals surface area contributed by atoms with E-state index in [0.717, 1.165) is 32.5 Å². The summed E-state index contributed by atoms with van der Waals surface area (Å²) in [6, 6.07) is 11.9. The molecule has 2 rings (SSSR count).